The van der Waals surface area contributed by atoms with Crippen LogP contribution in [-0.2, 0) is 0 Å². The number of hydrogen-bond acceptors (Lipinski definition) is 4. The van der Waals surface area contributed by atoms with Crippen LogP contribution < -0.4 is 0 Å². The molecule has 0 N–H and O–H groups in total. The number of benzene rings is 7. The average Bonchev–Trinajstić information content (AvgIpc) is 3.57. The number of hydrogen-bond donors (Lipinski definition) is 0. The molecule has 4 nitrogen and oxygen atoms in total. The van der Waals surface area contributed by atoms with E-state index in [2.05, 4.69) is 140 Å². The first-order valence-electron chi connectivity index (χ1n) is 16.4. The fourth-order valence-electron chi connectivity index (χ4n) is 6.54. The molecule has 230 valence electrons. The second kappa shape index (κ2) is 12.2. The molecule has 49 heavy (non-hydrogen) atoms. The molecule has 9 rings (SSSR count). The van der Waals surface area contributed by atoms with Gasteiger partial charge in [0.05, 0.1) is 0 Å². The summed E-state index contributed by atoms with van der Waals surface area (Å²) < 4.78 is 6.37. The van der Waals surface area contributed by atoms with E-state index in [0.717, 1.165) is 72.0 Å². The van der Waals surface area contributed by atoms with E-state index < -0.39 is 0 Å². The summed E-state index contributed by atoms with van der Waals surface area (Å²) in [5, 5.41) is 2.01. The second-order valence-corrected chi connectivity index (χ2v) is 12.0. The first-order valence-corrected chi connectivity index (χ1v) is 16.4. The maximum atomic E-state index is 6.37. The van der Waals surface area contributed by atoms with Crippen LogP contribution in [0.1, 0.15) is 0 Å². The summed E-state index contributed by atoms with van der Waals surface area (Å²) in [6, 6.07) is 60.4. The average molecular weight is 628 g/mol. The first-order chi connectivity index (χ1) is 24.3. The van der Waals surface area contributed by atoms with Gasteiger partial charge in [-0.25, -0.2) is 15.0 Å². The molecule has 0 spiro atoms. The minimum Gasteiger partial charge on any atom is -0.456 e. The molecular weight excluding hydrogens is 599 g/mol. The highest BCUT2D eigenvalue weighted by Crippen LogP contribution is 2.42. The van der Waals surface area contributed by atoms with Crippen molar-refractivity contribution in [1.29, 1.82) is 0 Å². The van der Waals surface area contributed by atoms with Crippen molar-refractivity contribution in [3.05, 3.63) is 176 Å². The summed E-state index contributed by atoms with van der Waals surface area (Å²) in [6.07, 6.45) is 0. The van der Waals surface area contributed by atoms with Crippen LogP contribution in [0.15, 0.2) is 180 Å². The van der Waals surface area contributed by atoms with Crippen LogP contribution >= 0.6 is 0 Å². The molecule has 0 unspecified atom stereocenters. The lowest BCUT2D eigenvalue weighted by molar-refractivity contribution is 0.669. The molecule has 2 heterocycles. The summed E-state index contributed by atoms with van der Waals surface area (Å²) >= 11 is 0. The zero-order valence-electron chi connectivity index (χ0n) is 26.5. The van der Waals surface area contributed by atoms with E-state index >= 15 is 0 Å². The molecule has 0 bridgehead atoms. The Morgan fingerprint density at radius 1 is 0.306 bits per heavy atom. The molecule has 0 aliphatic heterocycles. The zero-order valence-corrected chi connectivity index (χ0v) is 26.5. The molecule has 7 aromatic carbocycles. The van der Waals surface area contributed by atoms with E-state index in [4.69, 9.17) is 19.4 Å². The van der Waals surface area contributed by atoms with Crippen molar-refractivity contribution in [2.75, 3.05) is 0 Å². The van der Waals surface area contributed by atoms with Gasteiger partial charge in [-0.3, -0.25) is 0 Å². The molecule has 4 heteroatoms. The lowest BCUT2D eigenvalue weighted by atomic mass is 9.94. The number of para-hydroxylation sites is 1. The van der Waals surface area contributed by atoms with E-state index in [9.17, 15) is 0 Å². The SMILES string of the molecule is c1ccc(-c2ccc(-c3nc(-c4ccc(-c5ccccc5)cc4)nc(-c4c(-c5ccccc5)ccc5oc6ccccc6c45)n3)cc2)cc1. The second-order valence-electron chi connectivity index (χ2n) is 12.0. The van der Waals surface area contributed by atoms with Crippen molar-refractivity contribution in [1.82, 2.24) is 15.0 Å². The Hall–Kier alpha value is -6.65. The van der Waals surface area contributed by atoms with Crippen molar-refractivity contribution in [2.45, 2.75) is 0 Å². The Bertz CT molecular complexity index is 2460. The summed E-state index contributed by atoms with van der Waals surface area (Å²) in [5.74, 6) is 1.81. The van der Waals surface area contributed by atoms with E-state index in [1.807, 2.05) is 36.4 Å². The van der Waals surface area contributed by atoms with Gasteiger partial charge in [-0.05, 0) is 51.6 Å². The lowest BCUT2D eigenvalue weighted by Gasteiger charge is -2.14. The summed E-state index contributed by atoms with van der Waals surface area (Å²) in [7, 11) is 0. The minimum atomic E-state index is 0.593. The molecule has 0 aliphatic rings. The maximum absolute atomic E-state index is 6.37. The van der Waals surface area contributed by atoms with Crippen LogP contribution in [0.2, 0.25) is 0 Å². The van der Waals surface area contributed by atoms with Gasteiger partial charge in [-0.15, -0.1) is 0 Å². The van der Waals surface area contributed by atoms with E-state index in [1.54, 1.807) is 0 Å². The standard InChI is InChI=1S/C45H29N3O/c1-4-12-30(13-5-1)32-20-24-35(25-21-32)43-46-44(36-26-22-33(23-27-36)31-14-6-2-7-15-31)48-45(47-43)42-37(34-16-8-3-9-17-34)28-29-40-41(42)38-18-10-11-19-39(38)49-40/h1-29H. The largest absolute Gasteiger partial charge is 0.456 e. The Labute approximate surface area is 284 Å². The van der Waals surface area contributed by atoms with Gasteiger partial charge in [0.1, 0.15) is 11.2 Å². The molecule has 9 aromatic rings. The normalized spacial score (nSPS) is 11.3. The van der Waals surface area contributed by atoms with Crippen molar-refractivity contribution in [3.63, 3.8) is 0 Å². The molecule has 0 aliphatic carbocycles. The van der Waals surface area contributed by atoms with Gasteiger partial charge < -0.3 is 4.42 Å². The van der Waals surface area contributed by atoms with Crippen LogP contribution in [0, 0.1) is 0 Å². The van der Waals surface area contributed by atoms with Gasteiger partial charge in [0.2, 0.25) is 0 Å². The van der Waals surface area contributed by atoms with Crippen LogP contribution in [0.5, 0.6) is 0 Å². The van der Waals surface area contributed by atoms with Gasteiger partial charge in [-0.1, -0.05) is 158 Å². The number of fused-ring (bicyclic) bond motifs is 3. The van der Waals surface area contributed by atoms with Gasteiger partial charge in [0.15, 0.2) is 17.5 Å². The molecular formula is C45H29N3O. The Kier molecular flexibility index (Phi) is 7.10. The fourth-order valence-corrected chi connectivity index (χ4v) is 6.54. The highest BCUT2D eigenvalue weighted by molar-refractivity contribution is 6.15. The Morgan fingerprint density at radius 2 is 0.735 bits per heavy atom. The third-order valence-electron chi connectivity index (χ3n) is 8.99. The van der Waals surface area contributed by atoms with Gasteiger partial charge >= 0.3 is 0 Å². The van der Waals surface area contributed by atoms with Crippen molar-refractivity contribution < 1.29 is 4.42 Å². The molecule has 2 aromatic heterocycles. The van der Waals surface area contributed by atoms with Gasteiger partial charge in [-0.2, -0.15) is 0 Å². The molecule has 0 fully saturated rings. The first kappa shape index (κ1) is 28.6. The van der Waals surface area contributed by atoms with Crippen LogP contribution in [0.4, 0.5) is 0 Å². The van der Waals surface area contributed by atoms with Crippen molar-refractivity contribution in [3.8, 4) is 67.5 Å². The third-order valence-corrected chi connectivity index (χ3v) is 8.99. The number of furan rings is 1. The summed E-state index contributed by atoms with van der Waals surface area (Å²) in [6.45, 7) is 0. The predicted octanol–water partition coefficient (Wildman–Crippen LogP) is 11.8. The molecule has 0 saturated heterocycles. The number of aromatic nitrogens is 3. The lowest BCUT2D eigenvalue weighted by Crippen LogP contribution is -2.01. The van der Waals surface area contributed by atoms with Crippen molar-refractivity contribution >= 4 is 21.9 Å². The van der Waals surface area contributed by atoms with Crippen LogP contribution in [-0.4, -0.2) is 15.0 Å². The van der Waals surface area contributed by atoms with Gasteiger partial charge in [0.25, 0.3) is 0 Å². The quantitative estimate of drug-likeness (QED) is 0.184. The highest BCUT2D eigenvalue weighted by atomic mass is 16.3. The van der Waals surface area contributed by atoms with Gasteiger partial charge in [0, 0.05) is 27.5 Å². The smallest absolute Gasteiger partial charge is 0.165 e. The number of rotatable bonds is 6. The Morgan fingerprint density at radius 3 is 1.29 bits per heavy atom. The van der Waals surface area contributed by atoms with Crippen molar-refractivity contribution in [2.24, 2.45) is 0 Å². The highest BCUT2D eigenvalue weighted by Gasteiger charge is 2.22. The summed E-state index contributed by atoms with van der Waals surface area (Å²) in [5.41, 5.74) is 11.1. The maximum Gasteiger partial charge on any atom is 0.165 e. The molecule has 0 amide bonds. The Balaban J connectivity index is 1.28. The zero-order chi connectivity index (χ0) is 32.6. The predicted molar refractivity (Wildman–Crippen MR) is 200 cm³/mol. The monoisotopic (exact) mass is 627 g/mol. The van der Waals surface area contributed by atoms with E-state index in [1.165, 1.54) is 0 Å². The minimum absolute atomic E-state index is 0.593. The fraction of sp³-hybridized carbons (Fsp3) is 0. The molecule has 0 atom stereocenters. The molecule has 0 saturated carbocycles. The van der Waals surface area contributed by atoms with Crippen LogP contribution in [0.3, 0.4) is 0 Å². The van der Waals surface area contributed by atoms with E-state index in [-0.39, 0.29) is 0 Å². The molecule has 0 radical (unpaired) electrons. The van der Waals surface area contributed by atoms with Crippen LogP contribution in [0.25, 0.3) is 89.5 Å². The summed E-state index contributed by atoms with van der Waals surface area (Å²) in [4.78, 5) is 15.5. The topological polar surface area (TPSA) is 51.8 Å². The van der Waals surface area contributed by atoms with E-state index in [0.29, 0.717) is 17.5 Å². The third kappa shape index (κ3) is 5.35. The number of nitrogens with zero attached hydrogens (tertiary/aromatic N) is 3.